The molecular formula is C27H30F2N4O2. The second kappa shape index (κ2) is 12.0. The molecule has 0 bridgehead atoms. The fourth-order valence-corrected chi connectivity index (χ4v) is 4.50. The van der Waals surface area contributed by atoms with E-state index in [4.69, 9.17) is 10.1 Å². The summed E-state index contributed by atoms with van der Waals surface area (Å²) in [5.41, 5.74) is 3.66. The number of nitrogens with zero attached hydrogens (tertiary/aromatic N) is 3. The van der Waals surface area contributed by atoms with E-state index in [2.05, 4.69) is 27.3 Å². The average Bonchev–Trinajstić information content (AvgIpc) is 2.83. The zero-order chi connectivity index (χ0) is 24.6. The molecule has 0 aliphatic carbocycles. The molecule has 35 heavy (non-hydrogen) atoms. The van der Waals surface area contributed by atoms with Gasteiger partial charge in [0.15, 0.2) is 0 Å². The summed E-state index contributed by atoms with van der Waals surface area (Å²) in [5.74, 6) is -1.18. The summed E-state index contributed by atoms with van der Waals surface area (Å²) in [7, 11) is 0. The molecule has 1 saturated heterocycles. The molecule has 1 aliphatic rings. The van der Waals surface area contributed by atoms with Crippen LogP contribution in [0.15, 0.2) is 54.7 Å². The van der Waals surface area contributed by atoms with E-state index in [9.17, 15) is 13.6 Å². The summed E-state index contributed by atoms with van der Waals surface area (Å²) in [4.78, 5) is 22.3. The van der Waals surface area contributed by atoms with E-state index in [0.717, 1.165) is 43.5 Å². The lowest BCUT2D eigenvalue weighted by molar-refractivity contribution is -0.137. The summed E-state index contributed by atoms with van der Waals surface area (Å²) in [6, 6.07) is 14.0. The number of hydrogen-bond acceptors (Lipinski definition) is 5. The van der Waals surface area contributed by atoms with Gasteiger partial charge < -0.3 is 10.4 Å². The summed E-state index contributed by atoms with van der Waals surface area (Å²) in [5, 5.41) is 12.4. The molecule has 1 atom stereocenters. The maximum absolute atomic E-state index is 13.4. The maximum Gasteiger partial charge on any atom is 0.303 e. The molecule has 1 unspecified atom stereocenters. The second-order valence-electron chi connectivity index (χ2n) is 9.01. The van der Waals surface area contributed by atoms with Crippen LogP contribution < -0.4 is 5.32 Å². The smallest absolute Gasteiger partial charge is 0.303 e. The molecule has 4 rings (SSSR count). The molecular weight excluding hydrogens is 450 g/mol. The minimum Gasteiger partial charge on any atom is -0.481 e. The molecule has 184 valence electrons. The lowest BCUT2D eigenvalue weighted by Gasteiger charge is -2.33. The van der Waals surface area contributed by atoms with Crippen LogP contribution in [0.3, 0.4) is 0 Å². The molecule has 0 spiro atoms. The number of aryl methyl sites for hydroxylation is 2. The Morgan fingerprint density at radius 1 is 1.09 bits per heavy atom. The fourth-order valence-electron chi connectivity index (χ4n) is 4.50. The predicted molar refractivity (Wildman–Crippen MR) is 130 cm³/mol. The Kier molecular flexibility index (Phi) is 8.50. The molecule has 0 radical (unpaired) electrons. The van der Waals surface area contributed by atoms with Crippen molar-refractivity contribution in [3.05, 3.63) is 83.3 Å². The van der Waals surface area contributed by atoms with Gasteiger partial charge in [0.05, 0.1) is 5.69 Å². The first-order valence-corrected chi connectivity index (χ1v) is 12.0. The number of carbonyl (C=O) groups is 1. The molecule has 6 nitrogen and oxygen atoms in total. The Labute approximate surface area is 204 Å². The van der Waals surface area contributed by atoms with Gasteiger partial charge in [-0.2, -0.15) is 0 Å². The summed E-state index contributed by atoms with van der Waals surface area (Å²) >= 11 is 0. The van der Waals surface area contributed by atoms with Crippen molar-refractivity contribution in [3.8, 4) is 11.3 Å². The molecule has 1 aromatic heterocycles. The molecule has 2 N–H and O–H groups in total. The third kappa shape index (κ3) is 7.63. The lowest BCUT2D eigenvalue weighted by atomic mass is 10.0. The number of nitrogens with one attached hydrogen (secondary N) is 1. The number of piperazine rings is 1. The summed E-state index contributed by atoms with van der Waals surface area (Å²) in [6.07, 6.45) is 4.41. The molecule has 8 heteroatoms. The number of rotatable bonds is 10. The van der Waals surface area contributed by atoms with E-state index in [1.165, 1.54) is 17.7 Å². The van der Waals surface area contributed by atoms with Crippen molar-refractivity contribution in [2.45, 2.75) is 44.7 Å². The number of hydrogen-bond donors (Lipinski definition) is 2. The highest BCUT2D eigenvalue weighted by atomic mass is 19.1. The zero-order valence-corrected chi connectivity index (χ0v) is 19.6. The fraction of sp³-hybridized carbons (Fsp3) is 0.370. The first-order chi connectivity index (χ1) is 16.9. The molecule has 1 fully saturated rings. The quantitative estimate of drug-likeness (QED) is 0.452. The first kappa shape index (κ1) is 24.9. The Morgan fingerprint density at radius 2 is 1.91 bits per heavy atom. The maximum atomic E-state index is 13.4. The highest BCUT2D eigenvalue weighted by molar-refractivity contribution is 5.66. The van der Waals surface area contributed by atoms with E-state index in [0.29, 0.717) is 37.1 Å². The van der Waals surface area contributed by atoms with Crippen LogP contribution in [0.1, 0.15) is 36.2 Å². The van der Waals surface area contributed by atoms with Crippen LogP contribution in [-0.2, 0) is 24.2 Å². The van der Waals surface area contributed by atoms with Gasteiger partial charge in [0.25, 0.3) is 0 Å². The monoisotopic (exact) mass is 480 g/mol. The number of aromatic nitrogens is 2. The van der Waals surface area contributed by atoms with Gasteiger partial charge in [-0.05, 0) is 54.7 Å². The van der Waals surface area contributed by atoms with Gasteiger partial charge >= 0.3 is 5.97 Å². The third-order valence-electron chi connectivity index (χ3n) is 6.17. The Bertz CT molecular complexity index is 1140. The van der Waals surface area contributed by atoms with E-state index >= 15 is 0 Å². The Balaban J connectivity index is 1.35. The molecule has 3 aromatic rings. The van der Waals surface area contributed by atoms with Crippen molar-refractivity contribution >= 4 is 5.97 Å². The van der Waals surface area contributed by atoms with Crippen molar-refractivity contribution < 1.29 is 18.7 Å². The highest BCUT2D eigenvalue weighted by Gasteiger charge is 2.20. The van der Waals surface area contributed by atoms with Gasteiger partial charge in [-0.15, -0.1) is 0 Å². The molecule has 0 saturated carbocycles. The van der Waals surface area contributed by atoms with E-state index in [1.54, 1.807) is 6.20 Å². The summed E-state index contributed by atoms with van der Waals surface area (Å²) < 4.78 is 26.8. The van der Waals surface area contributed by atoms with Crippen LogP contribution >= 0.6 is 0 Å². The van der Waals surface area contributed by atoms with E-state index in [1.807, 2.05) is 18.2 Å². The van der Waals surface area contributed by atoms with Crippen molar-refractivity contribution in [1.82, 2.24) is 20.2 Å². The van der Waals surface area contributed by atoms with E-state index in [-0.39, 0.29) is 12.5 Å². The standard InChI is InChI=1S/C27H30F2N4O2/c28-22-14-19(15-23(29)16-22)3-2-6-26-31-10-9-25(32-26)21-5-1-4-20(13-21)17-33-12-11-30-24(18-33)7-8-27(34)35/h1,4-5,9-10,13-16,24,30H,2-3,6-8,11-12,17-18H2,(H,34,35). The number of carboxylic acids is 1. The molecule has 1 aliphatic heterocycles. The average molecular weight is 481 g/mol. The van der Waals surface area contributed by atoms with Gasteiger partial charge in [-0.25, -0.2) is 18.7 Å². The number of carboxylic acid groups (broad SMARTS) is 1. The topological polar surface area (TPSA) is 78.3 Å². The third-order valence-corrected chi connectivity index (χ3v) is 6.17. The second-order valence-corrected chi connectivity index (χ2v) is 9.01. The van der Waals surface area contributed by atoms with Crippen LogP contribution in [0.5, 0.6) is 0 Å². The number of benzene rings is 2. The molecule has 2 aromatic carbocycles. The van der Waals surface area contributed by atoms with E-state index < -0.39 is 17.6 Å². The minimum atomic E-state index is -0.760. The normalized spacial score (nSPS) is 16.3. The van der Waals surface area contributed by atoms with Gasteiger partial charge in [0.2, 0.25) is 0 Å². The SMILES string of the molecule is O=C(O)CCC1CN(Cc2cccc(-c3ccnc(CCCc4cc(F)cc(F)c4)n3)c2)CCN1. The lowest BCUT2D eigenvalue weighted by Crippen LogP contribution is -2.50. The zero-order valence-electron chi connectivity index (χ0n) is 19.6. The van der Waals surface area contributed by atoms with Crippen molar-refractivity contribution in [2.24, 2.45) is 0 Å². The van der Waals surface area contributed by atoms with Crippen LogP contribution in [0.2, 0.25) is 0 Å². The number of aliphatic carboxylic acids is 1. The largest absolute Gasteiger partial charge is 0.481 e. The first-order valence-electron chi connectivity index (χ1n) is 12.0. The van der Waals surface area contributed by atoms with Gasteiger partial charge in [-0.3, -0.25) is 9.69 Å². The van der Waals surface area contributed by atoms with Crippen LogP contribution in [0.4, 0.5) is 8.78 Å². The summed E-state index contributed by atoms with van der Waals surface area (Å²) in [6.45, 7) is 3.38. The van der Waals surface area contributed by atoms with Gasteiger partial charge in [0, 0.05) is 62.9 Å². The van der Waals surface area contributed by atoms with Gasteiger partial charge in [0.1, 0.15) is 17.5 Å². The van der Waals surface area contributed by atoms with Crippen molar-refractivity contribution in [2.75, 3.05) is 19.6 Å². The van der Waals surface area contributed by atoms with Crippen molar-refractivity contribution in [3.63, 3.8) is 0 Å². The Hall–Kier alpha value is -3.23. The van der Waals surface area contributed by atoms with Crippen molar-refractivity contribution in [1.29, 1.82) is 0 Å². The van der Waals surface area contributed by atoms with Crippen LogP contribution in [0, 0.1) is 11.6 Å². The Morgan fingerprint density at radius 3 is 2.71 bits per heavy atom. The molecule has 2 heterocycles. The van der Waals surface area contributed by atoms with Gasteiger partial charge in [-0.1, -0.05) is 18.2 Å². The minimum absolute atomic E-state index is 0.177. The van der Waals surface area contributed by atoms with Crippen LogP contribution in [-0.4, -0.2) is 51.6 Å². The number of halogens is 2. The predicted octanol–water partition coefficient (Wildman–Crippen LogP) is 4.24. The highest BCUT2D eigenvalue weighted by Crippen LogP contribution is 2.20. The molecule has 0 amide bonds. The van der Waals surface area contributed by atoms with Crippen LogP contribution in [0.25, 0.3) is 11.3 Å².